The first kappa shape index (κ1) is 13.4. The number of nitrogens with one attached hydrogen (secondary N) is 1. The first-order valence-corrected chi connectivity index (χ1v) is 7.59. The van der Waals surface area contributed by atoms with Crippen LogP contribution in [0.1, 0.15) is 34.6 Å². The van der Waals surface area contributed by atoms with Crippen LogP contribution >= 0.6 is 0 Å². The third-order valence-electron chi connectivity index (χ3n) is 4.56. The van der Waals surface area contributed by atoms with E-state index in [1.54, 1.807) is 5.56 Å². The van der Waals surface area contributed by atoms with Crippen molar-refractivity contribution in [2.75, 3.05) is 6.54 Å². The van der Waals surface area contributed by atoms with Crippen molar-refractivity contribution in [3.63, 3.8) is 0 Å². The van der Waals surface area contributed by atoms with Crippen molar-refractivity contribution < 1.29 is 0 Å². The molecule has 3 rings (SSSR count). The second-order valence-electron chi connectivity index (χ2n) is 5.95. The normalized spacial score (nSPS) is 22.1. The summed E-state index contributed by atoms with van der Waals surface area (Å²) in [5.74, 6) is 0.649. The monoisotopic (exact) mass is 265 g/mol. The summed E-state index contributed by atoms with van der Waals surface area (Å²) in [7, 11) is 0. The summed E-state index contributed by atoms with van der Waals surface area (Å²) in [6.45, 7) is 5.64. The highest BCUT2D eigenvalue weighted by Gasteiger charge is 2.30. The van der Waals surface area contributed by atoms with E-state index in [1.165, 1.54) is 23.1 Å². The number of hydrogen-bond donors (Lipinski definition) is 1. The standard InChI is InChI=1S/C19H23N/c1-14-7-6-8-15(2)19(14)17-11-12-20-18(17)13-16-9-4-3-5-10-16/h3-10,17-18,20H,11-13H2,1-2H3. The van der Waals surface area contributed by atoms with Gasteiger partial charge in [-0.1, -0.05) is 48.5 Å². The maximum absolute atomic E-state index is 3.71. The Labute approximate surface area is 122 Å². The van der Waals surface area contributed by atoms with Crippen molar-refractivity contribution in [1.82, 2.24) is 5.32 Å². The number of aryl methyl sites for hydroxylation is 2. The minimum Gasteiger partial charge on any atom is -0.313 e. The molecule has 0 spiro atoms. The molecule has 1 fully saturated rings. The van der Waals surface area contributed by atoms with Crippen LogP contribution in [0.5, 0.6) is 0 Å². The van der Waals surface area contributed by atoms with E-state index in [9.17, 15) is 0 Å². The summed E-state index contributed by atoms with van der Waals surface area (Å²) in [5, 5.41) is 3.71. The molecule has 1 nitrogen and oxygen atoms in total. The van der Waals surface area contributed by atoms with Gasteiger partial charge >= 0.3 is 0 Å². The summed E-state index contributed by atoms with van der Waals surface area (Å²) in [5.41, 5.74) is 5.88. The van der Waals surface area contributed by atoms with Gasteiger partial charge in [0.15, 0.2) is 0 Å². The van der Waals surface area contributed by atoms with Crippen molar-refractivity contribution in [3.8, 4) is 0 Å². The molecule has 0 bridgehead atoms. The first-order chi connectivity index (χ1) is 9.75. The lowest BCUT2D eigenvalue weighted by molar-refractivity contribution is 0.541. The summed E-state index contributed by atoms with van der Waals surface area (Å²) in [4.78, 5) is 0. The Morgan fingerprint density at radius 2 is 1.65 bits per heavy atom. The van der Waals surface area contributed by atoms with Gasteiger partial charge in [0.25, 0.3) is 0 Å². The van der Waals surface area contributed by atoms with Gasteiger partial charge in [-0.15, -0.1) is 0 Å². The van der Waals surface area contributed by atoms with Gasteiger partial charge in [0, 0.05) is 12.0 Å². The zero-order chi connectivity index (χ0) is 13.9. The topological polar surface area (TPSA) is 12.0 Å². The summed E-state index contributed by atoms with van der Waals surface area (Å²) < 4.78 is 0. The fourth-order valence-corrected chi connectivity index (χ4v) is 3.61. The van der Waals surface area contributed by atoms with Crippen molar-refractivity contribution >= 4 is 0 Å². The van der Waals surface area contributed by atoms with Crippen molar-refractivity contribution in [3.05, 3.63) is 70.8 Å². The molecule has 1 heteroatoms. The molecule has 2 unspecified atom stereocenters. The average molecular weight is 265 g/mol. The highest BCUT2D eigenvalue weighted by molar-refractivity contribution is 5.38. The van der Waals surface area contributed by atoms with Gasteiger partial charge in [0.2, 0.25) is 0 Å². The van der Waals surface area contributed by atoms with Gasteiger partial charge in [-0.25, -0.2) is 0 Å². The second kappa shape index (κ2) is 5.80. The molecule has 2 aromatic carbocycles. The largest absolute Gasteiger partial charge is 0.313 e. The fourth-order valence-electron chi connectivity index (χ4n) is 3.61. The van der Waals surface area contributed by atoms with Crippen LogP contribution in [0.3, 0.4) is 0 Å². The van der Waals surface area contributed by atoms with E-state index in [2.05, 4.69) is 67.7 Å². The molecular formula is C19H23N. The van der Waals surface area contributed by atoms with Crippen LogP contribution in [-0.2, 0) is 6.42 Å². The zero-order valence-corrected chi connectivity index (χ0v) is 12.4. The fraction of sp³-hybridized carbons (Fsp3) is 0.368. The number of rotatable bonds is 3. The van der Waals surface area contributed by atoms with Crippen molar-refractivity contribution in [2.45, 2.75) is 38.6 Å². The summed E-state index contributed by atoms with van der Waals surface area (Å²) in [6, 6.07) is 18.1. The molecule has 0 saturated carbocycles. The van der Waals surface area contributed by atoms with E-state index in [4.69, 9.17) is 0 Å². The number of hydrogen-bond acceptors (Lipinski definition) is 1. The predicted octanol–water partition coefficient (Wildman–Crippen LogP) is 3.99. The quantitative estimate of drug-likeness (QED) is 0.884. The Morgan fingerprint density at radius 1 is 0.950 bits per heavy atom. The van der Waals surface area contributed by atoms with E-state index in [-0.39, 0.29) is 0 Å². The lowest BCUT2D eigenvalue weighted by atomic mass is 9.83. The van der Waals surface area contributed by atoms with Gasteiger partial charge < -0.3 is 5.32 Å². The Kier molecular flexibility index (Phi) is 3.88. The Bertz CT molecular complexity index is 553. The molecule has 0 radical (unpaired) electrons. The minimum absolute atomic E-state index is 0.567. The van der Waals surface area contributed by atoms with Crippen LogP contribution in [0.15, 0.2) is 48.5 Å². The minimum atomic E-state index is 0.567. The lowest BCUT2D eigenvalue weighted by Crippen LogP contribution is -2.29. The van der Waals surface area contributed by atoms with Crippen LogP contribution < -0.4 is 5.32 Å². The Hall–Kier alpha value is -1.60. The number of benzene rings is 2. The van der Waals surface area contributed by atoms with E-state index < -0.39 is 0 Å². The molecule has 1 aliphatic heterocycles. The third-order valence-corrected chi connectivity index (χ3v) is 4.56. The molecule has 1 saturated heterocycles. The van der Waals surface area contributed by atoms with E-state index in [0.29, 0.717) is 12.0 Å². The van der Waals surface area contributed by atoms with Crippen LogP contribution in [0.25, 0.3) is 0 Å². The molecule has 20 heavy (non-hydrogen) atoms. The second-order valence-corrected chi connectivity index (χ2v) is 5.95. The van der Waals surface area contributed by atoms with Crippen LogP contribution in [-0.4, -0.2) is 12.6 Å². The van der Waals surface area contributed by atoms with E-state index in [0.717, 1.165) is 13.0 Å². The molecular weight excluding hydrogens is 242 g/mol. The SMILES string of the molecule is Cc1cccc(C)c1C1CCNC1Cc1ccccc1. The predicted molar refractivity (Wildman–Crippen MR) is 85.2 cm³/mol. The summed E-state index contributed by atoms with van der Waals surface area (Å²) in [6.07, 6.45) is 2.38. The smallest absolute Gasteiger partial charge is 0.0177 e. The maximum atomic E-state index is 3.71. The molecule has 2 aromatic rings. The van der Waals surface area contributed by atoms with E-state index in [1.807, 2.05) is 0 Å². The third kappa shape index (κ3) is 2.64. The van der Waals surface area contributed by atoms with Gasteiger partial charge in [-0.05, 0) is 55.5 Å². The first-order valence-electron chi connectivity index (χ1n) is 7.59. The van der Waals surface area contributed by atoms with Crippen molar-refractivity contribution in [2.24, 2.45) is 0 Å². The van der Waals surface area contributed by atoms with Crippen LogP contribution in [0.4, 0.5) is 0 Å². The summed E-state index contributed by atoms with van der Waals surface area (Å²) >= 11 is 0. The van der Waals surface area contributed by atoms with Gasteiger partial charge in [-0.3, -0.25) is 0 Å². The molecule has 0 aromatic heterocycles. The zero-order valence-electron chi connectivity index (χ0n) is 12.4. The Balaban J connectivity index is 1.86. The lowest BCUT2D eigenvalue weighted by Gasteiger charge is -2.23. The van der Waals surface area contributed by atoms with Crippen LogP contribution in [0.2, 0.25) is 0 Å². The average Bonchev–Trinajstić information content (AvgIpc) is 2.88. The molecule has 0 aliphatic carbocycles. The molecule has 1 heterocycles. The van der Waals surface area contributed by atoms with Gasteiger partial charge in [-0.2, -0.15) is 0 Å². The highest BCUT2D eigenvalue weighted by atomic mass is 14.9. The van der Waals surface area contributed by atoms with E-state index >= 15 is 0 Å². The molecule has 0 amide bonds. The molecule has 1 aliphatic rings. The van der Waals surface area contributed by atoms with Gasteiger partial charge in [0.05, 0.1) is 0 Å². The molecule has 104 valence electrons. The van der Waals surface area contributed by atoms with Crippen molar-refractivity contribution in [1.29, 1.82) is 0 Å². The van der Waals surface area contributed by atoms with Gasteiger partial charge in [0.1, 0.15) is 0 Å². The maximum Gasteiger partial charge on any atom is 0.0177 e. The van der Waals surface area contributed by atoms with Crippen LogP contribution in [0, 0.1) is 13.8 Å². The molecule has 1 N–H and O–H groups in total. The molecule has 2 atom stereocenters. The Morgan fingerprint density at radius 3 is 2.35 bits per heavy atom. The highest BCUT2D eigenvalue weighted by Crippen LogP contribution is 2.33.